The van der Waals surface area contributed by atoms with E-state index in [9.17, 15) is 13.2 Å². The summed E-state index contributed by atoms with van der Waals surface area (Å²) in [6.07, 6.45) is -2.62. The smallest absolute Gasteiger partial charge is 0.398 e. The fourth-order valence-corrected chi connectivity index (χ4v) is 1.89. The number of halogens is 3. The number of aryl methyl sites for hydroxylation is 1. The largest absolute Gasteiger partial charge is 0.433 e. The van der Waals surface area contributed by atoms with E-state index >= 15 is 0 Å². The summed E-state index contributed by atoms with van der Waals surface area (Å²) in [5.41, 5.74) is 6.18. The van der Waals surface area contributed by atoms with Gasteiger partial charge in [0, 0.05) is 11.1 Å². The molecule has 0 unspecified atom stereocenters. The molecule has 0 amide bonds. The highest BCUT2D eigenvalue weighted by Gasteiger charge is 2.33. The van der Waals surface area contributed by atoms with E-state index in [1.54, 1.807) is 18.2 Å². The minimum atomic E-state index is -4.47. The molecule has 18 heavy (non-hydrogen) atoms. The van der Waals surface area contributed by atoms with E-state index in [0.717, 1.165) is 24.5 Å². The minimum Gasteiger partial charge on any atom is -0.398 e. The molecule has 1 aromatic heterocycles. The van der Waals surface area contributed by atoms with Crippen molar-refractivity contribution in [3.63, 3.8) is 0 Å². The number of rotatable bonds is 2. The fraction of sp³-hybridized carbons (Fsp3) is 0.308. The summed E-state index contributed by atoms with van der Waals surface area (Å²) >= 11 is 0. The molecule has 0 radical (unpaired) electrons. The molecule has 0 atom stereocenters. The Bertz CT molecular complexity index is 576. The lowest BCUT2D eigenvalue weighted by Crippen LogP contribution is -2.09. The molecule has 1 heterocycles. The molecule has 2 aromatic rings. The summed E-state index contributed by atoms with van der Waals surface area (Å²) in [6, 6.07) is 6.07. The summed E-state index contributed by atoms with van der Waals surface area (Å²) in [5.74, 6) is 0. The molecule has 0 saturated carbocycles. The van der Waals surface area contributed by atoms with Crippen molar-refractivity contribution in [2.45, 2.75) is 25.9 Å². The van der Waals surface area contributed by atoms with Gasteiger partial charge in [-0.3, -0.25) is 0 Å². The van der Waals surface area contributed by atoms with Crippen LogP contribution < -0.4 is 5.73 Å². The van der Waals surface area contributed by atoms with Crippen LogP contribution in [0, 0.1) is 0 Å². The van der Waals surface area contributed by atoms with Crippen molar-refractivity contribution in [1.82, 2.24) is 4.98 Å². The highest BCUT2D eigenvalue weighted by molar-refractivity contribution is 5.90. The predicted molar refractivity (Wildman–Crippen MR) is 65.2 cm³/mol. The Labute approximate surface area is 103 Å². The Kier molecular flexibility index (Phi) is 3.15. The summed E-state index contributed by atoms with van der Waals surface area (Å²) in [6.45, 7) is 2.04. The molecule has 5 heteroatoms. The quantitative estimate of drug-likeness (QED) is 0.885. The first kappa shape index (κ1) is 12.7. The molecule has 0 aliphatic heterocycles. The summed E-state index contributed by atoms with van der Waals surface area (Å²) < 4.78 is 37.7. The Morgan fingerprint density at radius 2 is 1.94 bits per heavy atom. The number of benzene rings is 1. The number of alkyl halides is 3. The van der Waals surface area contributed by atoms with Gasteiger partial charge in [0.25, 0.3) is 0 Å². The zero-order chi connectivity index (χ0) is 13.3. The van der Waals surface area contributed by atoms with Gasteiger partial charge in [-0.25, -0.2) is 4.98 Å². The lowest BCUT2D eigenvalue weighted by atomic mass is 10.1. The first-order chi connectivity index (χ1) is 8.41. The Balaban J connectivity index is 2.59. The maximum absolute atomic E-state index is 12.6. The highest BCUT2D eigenvalue weighted by atomic mass is 19.4. The fourth-order valence-electron chi connectivity index (χ4n) is 1.89. The monoisotopic (exact) mass is 254 g/mol. The predicted octanol–water partition coefficient (Wildman–Crippen LogP) is 3.79. The standard InChI is InChI=1S/C13H13F3N2/c1-2-3-8-4-5-11-9(6-8)10(17)7-12(18-11)13(14,15)16/h4-7H,2-3H2,1H3,(H2,17,18). The third-order valence-corrected chi connectivity index (χ3v) is 2.73. The van der Waals surface area contributed by atoms with Crippen LogP contribution >= 0.6 is 0 Å². The van der Waals surface area contributed by atoms with Crippen LogP contribution in [0.4, 0.5) is 18.9 Å². The number of anilines is 1. The van der Waals surface area contributed by atoms with Gasteiger partial charge in [0.2, 0.25) is 0 Å². The number of fused-ring (bicyclic) bond motifs is 1. The van der Waals surface area contributed by atoms with Crippen LogP contribution in [0.5, 0.6) is 0 Å². The molecular formula is C13H13F3N2. The van der Waals surface area contributed by atoms with E-state index in [-0.39, 0.29) is 11.2 Å². The van der Waals surface area contributed by atoms with E-state index in [4.69, 9.17) is 5.73 Å². The topological polar surface area (TPSA) is 38.9 Å². The lowest BCUT2D eigenvalue weighted by molar-refractivity contribution is -0.140. The van der Waals surface area contributed by atoms with Gasteiger partial charge in [-0.15, -0.1) is 0 Å². The van der Waals surface area contributed by atoms with Gasteiger partial charge in [0.1, 0.15) is 5.69 Å². The maximum Gasteiger partial charge on any atom is 0.433 e. The summed E-state index contributed by atoms with van der Waals surface area (Å²) in [7, 11) is 0. The van der Waals surface area contributed by atoms with Gasteiger partial charge in [-0.1, -0.05) is 19.4 Å². The van der Waals surface area contributed by atoms with Crippen LogP contribution in [0.2, 0.25) is 0 Å². The molecule has 2 N–H and O–H groups in total. The molecule has 1 aromatic carbocycles. The van der Waals surface area contributed by atoms with E-state index in [0.29, 0.717) is 5.39 Å². The second-order valence-corrected chi connectivity index (χ2v) is 4.20. The number of pyridine rings is 1. The molecule has 0 spiro atoms. The second-order valence-electron chi connectivity index (χ2n) is 4.20. The average molecular weight is 254 g/mol. The van der Waals surface area contributed by atoms with Crippen molar-refractivity contribution >= 4 is 16.6 Å². The van der Waals surface area contributed by atoms with Crippen molar-refractivity contribution < 1.29 is 13.2 Å². The van der Waals surface area contributed by atoms with Gasteiger partial charge < -0.3 is 5.73 Å². The molecule has 2 nitrogen and oxygen atoms in total. The Hall–Kier alpha value is -1.78. The van der Waals surface area contributed by atoms with Crippen molar-refractivity contribution in [3.8, 4) is 0 Å². The Morgan fingerprint density at radius 1 is 1.22 bits per heavy atom. The number of nitrogens with two attached hydrogens (primary N) is 1. The van der Waals surface area contributed by atoms with Gasteiger partial charge in [0.15, 0.2) is 0 Å². The van der Waals surface area contributed by atoms with Gasteiger partial charge in [-0.05, 0) is 30.2 Å². The summed E-state index contributed by atoms with van der Waals surface area (Å²) in [4.78, 5) is 3.60. The van der Waals surface area contributed by atoms with E-state index in [2.05, 4.69) is 4.98 Å². The van der Waals surface area contributed by atoms with Crippen LogP contribution in [0.3, 0.4) is 0 Å². The van der Waals surface area contributed by atoms with Gasteiger partial charge >= 0.3 is 6.18 Å². The van der Waals surface area contributed by atoms with Gasteiger partial charge in [-0.2, -0.15) is 13.2 Å². The molecule has 0 aliphatic carbocycles. The summed E-state index contributed by atoms with van der Waals surface area (Å²) in [5, 5.41) is 0.578. The average Bonchev–Trinajstić information content (AvgIpc) is 2.29. The zero-order valence-electron chi connectivity index (χ0n) is 9.88. The first-order valence-corrected chi connectivity index (χ1v) is 5.68. The third kappa shape index (κ3) is 2.39. The van der Waals surface area contributed by atoms with Crippen molar-refractivity contribution in [2.24, 2.45) is 0 Å². The zero-order valence-corrected chi connectivity index (χ0v) is 9.88. The maximum atomic E-state index is 12.6. The number of nitrogens with zero attached hydrogens (tertiary/aromatic N) is 1. The number of hydrogen-bond acceptors (Lipinski definition) is 2. The second kappa shape index (κ2) is 4.48. The van der Waals surface area contributed by atoms with Crippen LogP contribution in [0.25, 0.3) is 10.9 Å². The minimum absolute atomic E-state index is 0.116. The number of aromatic nitrogens is 1. The van der Waals surface area contributed by atoms with E-state index in [1.807, 2.05) is 6.92 Å². The van der Waals surface area contributed by atoms with Crippen LogP contribution in [0.15, 0.2) is 24.3 Å². The molecule has 2 rings (SSSR count). The number of hydrogen-bond donors (Lipinski definition) is 1. The third-order valence-electron chi connectivity index (χ3n) is 2.73. The molecule has 0 aliphatic rings. The molecule has 0 fully saturated rings. The van der Waals surface area contributed by atoms with Crippen molar-refractivity contribution in [1.29, 1.82) is 0 Å². The van der Waals surface area contributed by atoms with Gasteiger partial charge in [0.05, 0.1) is 5.52 Å². The van der Waals surface area contributed by atoms with Crippen LogP contribution in [-0.4, -0.2) is 4.98 Å². The molecule has 96 valence electrons. The normalized spacial score (nSPS) is 12.0. The SMILES string of the molecule is CCCc1ccc2nc(C(F)(F)F)cc(N)c2c1. The molecule has 0 bridgehead atoms. The van der Waals surface area contributed by atoms with Crippen LogP contribution in [-0.2, 0) is 12.6 Å². The number of nitrogen functional groups attached to an aromatic ring is 1. The highest BCUT2D eigenvalue weighted by Crippen LogP contribution is 2.32. The molecule has 0 saturated heterocycles. The van der Waals surface area contributed by atoms with Crippen molar-refractivity contribution in [3.05, 3.63) is 35.5 Å². The van der Waals surface area contributed by atoms with E-state index in [1.165, 1.54) is 0 Å². The van der Waals surface area contributed by atoms with Crippen LogP contribution in [0.1, 0.15) is 24.6 Å². The lowest BCUT2D eigenvalue weighted by Gasteiger charge is -2.10. The Morgan fingerprint density at radius 3 is 2.56 bits per heavy atom. The van der Waals surface area contributed by atoms with Crippen molar-refractivity contribution in [2.75, 3.05) is 5.73 Å². The first-order valence-electron chi connectivity index (χ1n) is 5.68. The van der Waals surface area contributed by atoms with E-state index < -0.39 is 11.9 Å². The molecular weight excluding hydrogens is 241 g/mol.